The van der Waals surface area contributed by atoms with Crippen molar-refractivity contribution in [3.63, 3.8) is 0 Å². The van der Waals surface area contributed by atoms with E-state index in [4.69, 9.17) is 4.52 Å². The van der Waals surface area contributed by atoms with E-state index in [1.165, 1.54) is 5.56 Å². The number of hydrogen-bond acceptors (Lipinski definition) is 4. The van der Waals surface area contributed by atoms with Gasteiger partial charge in [0, 0.05) is 37.0 Å². The minimum Gasteiger partial charge on any atom is -0.359 e. The number of nitrogens with zero attached hydrogens (tertiary/aromatic N) is 3. The Bertz CT molecular complexity index is 905. The highest BCUT2D eigenvalue weighted by atomic mass is 16.5. The fourth-order valence-electron chi connectivity index (χ4n) is 3.27. The standard InChI is InChI=1S/C21H22N4O2/c1-24(15-19-13-20(23-27-19)17-5-3-2-4-6-17)14-16-7-9-18(10-8-16)25-12-11-22-21(25)26/h2-10,13H,11-12,14-15H2,1H3,(H,22,26). The average molecular weight is 362 g/mol. The number of hydrogen-bond donors (Lipinski definition) is 1. The molecule has 1 aliphatic rings. The second-order valence-corrected chi connectivity index (χ2v) is 6.77. The number of urea groups is 1. The number of carbonyl (C=O) groups is 1. The highest BCUT2D eigenvalue weighted by Crippen LogP contribution is 2.21. The summed E-state index contributed by atoms with van der Waals surface area (Å²) in [6.45, 7) is 2.88. The van der Waals surface area contributed by atoms with Crippen LogP contribution < -0.4 is 10.2 Å². The monoisotopic (exact) mass is 362 g/mol. The van der Waals surface area contributed by atoms with Gasteiger partial charge in [-0.15, -0.1) is 0 Å². The van der Waals surface area contributed by atoms with E-state index in [9.17, 15) is 4.79 Å². The van der Waals surface area contributed by atoms with Crippen molar-refractivity contribution >= 4 is 11.7 Å². The lowest BCUT2D eigenvalue weighted by Gasteiger charge is -2.17. The Morgan fingerprint density at radius 1 is 1.11 bits per heavy atom. The van der Waals surface area contributed by atoms with Crippen molar-refractivity contribution in [2.24, 2.45) is 0 Å². The number of anilines is 1. The van der Waals surface area contributed by atoms with E-state index in [2.05, 4.69) is 27.5 Å². The van der Waals surface area contributed by atoms with Crippen LogP contribution in [0.3, 0.4) is 0 Å². The largest absolute Gasteiger partial charge is 0.359 e. The number of amides is 2. The van der Waals surface area contributed by atoms with Crippen molar-refractivity contribution in [3.8, 4) is 11.3 Å². The van der Waals surface area contributed by atoms with Crippen LogP contribution in [0.5, 0.6) is 0 Å². The Balaban J connectivity index is 1.36. The Morgan fingerprint density at radius 2 is 1.89 bits per heavy atom. The number of benzene rings is 2. The Labute approximate surface area is 158 Å². The van der Waals surface area contributed by atoms with E-state index >= 15 is 0 Å². The highest BCUT2D eigenvalue weighted by molar-refractivity contribution is 5.93. The van der Waals surface area contributed by atoms with E-state index in [1.54, 1.807) is 4.90 Å². The smallest absolute Gasteiger partial charge is 0.321 e. The van der Waals surface area contributed by atoms with E-state index in [1.807, 2.05) is 55.6 Å². The molecule has 27 heavy (non-hydrogen) atoms. The minimum absolute atomic E-state index is 0.0283. The van der Waals surface area contributed by atoms with Crippen LogP contribution in [0.1, 0.15) is 11.3 Å². The summed E-state index contributed by atoms with van der Waals surface area (Å²) in [5.74, 6) is 0.835. The van der Waals surface area contributed by atoms with Crippen molar-refractivity contribution in [1.29, 1.82) is 0 Å². The molecule has 1 aromatic heterocycles. The van der Waals surface area contributed by atoms with Crippen molar-refractivity contribution < 1.29 is 9.32 Å². The maximum atomic E-state index is 11.7. The van der Waals surface area contributed by atoms with Crippen LogP contribution in [-0.4, -0.2) is 36.2 Å². The molecule has 4 rings (SSSR count). The van der Waals surface area contributed by atoms with Crippen LogP contribution >= 0.6 is 0 Å². The third-order valence-electron chi connectivity index (χ3n) is 4.61. The van der Waals surface area contributed by atoms with Crippen LogP contribution in [0.25, 0.3) is 11.3 Å². The first-order chi connectivity index (χ1) is 13.2. The summed E-state index contributed by atoms with van der Waals surface area (Å²) in [5.41, 5.74) is 4.02. The average Bonchev–Trinajstić information content (AvgIpc) is 3.32. The summed E-state index contributed by atoms with van der Waals surface area (Å²) in [6.07, 6.45) is 0. The molecular formula is C21H22N4O2. The van der Waals surface area contributed by atoms with Gasteiger partial charge in [-0.1, -0.05) is 47.6 Å². The molecule has 6 nitrogen and oxygen atoms in total. The number of rotatable bonds is 6. The third kappa shape index (κ3) is 4.01. The first-order valence-electron chi connectivity index (χ1n) is 9.03. The Morgan fingerprint density at radius 3 is 2.59 bits per heavy atom. The zero-order chi connectivity index (χ0) is 18.6. The molecule has 138 valence electrons. The molecule has 0 saturated carbocycles. The van der Waals surface area contributed by atoms with Gasteiger partial charge in [0.05, 0.1) is 6.54 Å². The van der Waals surface area contributed by atoms with Crippen molar-refractivity contribution in [2.45, 2.75) is 13.1 Å². The van der Waals surface area contributed by atoms with E-state index < -0.39 is 0 Å². The molecule has 0 atom stereocenters. The maximum absolute atomic E-state index is 11.7. The lowest BCUT2D eigenvalue weighted by molar-refractivity contribution is 0.252. The number of aromatic nitrogens is 1. The van der Waals surface area contributed by atoms with Crippen LogP contribution in [0.15, 0.2) is 65.2 Å². The molecule has 0 aliphatic carbocycles. The molecular weight excluding hydrogens is 340 g/mol. The SMILES string of the molecule is CN(Cc1ccc(N2CCNC2=O)cc1)Cc1cc(-c2ccccc2)no1. The predicted octanol–water partition coefficient (Wildman–Crippen LogP) is 3.50. The van der Waals surface area contributed by atoms with Gasteiger partial charge < -0.3 is 9.84 Å². The lowest BCUT2D eigenvalue weighted by atomic mass is 10.1. The lowest BCUT2D eigenvalue weighted by Crippen LogP contribution is -2.27. The maximum Gasteiger partial charge on any atom is 0.321 e. The van der Waals surface area contributed by atoms with Crippen molar-refractivity contribution in [1.82, 2.24) is 15.4 Å². The third-order valence-corrected chi connectivity index (χ3v) is 4.61. The molecule has 1 saturated heterocycles. The summed E-state index contributed by atoms with van der Waals surface area (Å²) >= 11 is 0. The van der Waals surface area contributed by atoms with Crippen LogP contribution in [-0.2, 0) is 13.1 Å². The first-order valence-corrected chi connectivity index (χ1v) is 9.03. The highest BCUT2D eigenvalue weighted by Gasteiger charge is 2.20. The van der Waals surface area contributed by atoms with Gasteiger partial charge in [-0.05, 0) is 24.7 Å². The number of nitrogens with one attached hydrogen (secondary N) is 1. The second-order valence-electron chi connectivity index (χ2n) is 6.77. The van der Waals surface area contributed by atoms with Gasteiger partial charge in [0.15, 0.2) is 5.76 Å². The van der Waals surface area contributed by atoms with Crippen LogP contribution in [0.2, 0.25) is 0 Å². The molecule has 3 aromatic rings. The van der Waals surface area contributed by atoms with Crippen LogP contribution in [0.4, 0.5) is 10.5 Å². The van der Waals surface area contributed by atoms with Crippen LogP contribution in [0, 0.1) is 0 Å². The van der Waals surface area contributed by atoms with Crippen molar-refractivity contribution in [3.05, 3.63) is 72.0 Å². The second kappa shape index (κ2) is 7.63. The summed E-state index contributed by atoms with van der Waals surface area (Å²) < 4.78 is 5.48. The van der Waals surface area contributed by atoms with Gasteiger partial charge in [0.2, 0.25) is 0 Å². The Hall–Kier alpha value is -3.12. The van der Waals surface area contributed by atoms with Gasteiger partial charge in [-0.2, -0.15) is 0 Å². The zero-order valence-corrected chi connectivity index (χ0v) is 15.3. The Kier molecular flexibility index (Phi) is 4.89. The fraction of sp³-hybridized carbons (Fsp3) is 0.238. The van der Waals surface area contributed by atoms with E-state index in [0.29, 0.717) is 19.6 Å². The predicted molar refractivity (Wildman–Crippen MR) is 104 cm³/mol. The molecule has 1 N–H and O–H groups in total. The zero-order valence-electron chi connectivity index (χ0n) is 15.3. The molecule has 1 fully saturated rings. The summed E-state index contributed by atoms with van der Waals surface area (Å²) in [7, 11) is 2.05. The molecule has 0 radical (unpaired) electrons. The van der Waals surface area contributed by atoms with Gasteiger partial charge in [-0.25, -0.2) is 4.79 Å². The fourth-order valence-corrected chi connectivity index (χ4v) is 3.27. The molecule has 2 heterocycles. The topological polar surface area (TPSA) is 61.6 Å². The van der Waals surface area contributed by atoms with Gasteiger partial charge in [0.25, 0.3) is 0 Å². The summed E-state index contributed by atoms with van der Waals surface area (Å²) in [4.78, 5) is 15.7. The van der Waals surface area contributed by atoms with E-state index in [-0.39, 0.29) is 6.03 Å². The molecule has 0 unspecified atom stereocenters. The minimum atomic E-state index is -0.0283. The van der Waals surface area contributed by atoms with Gasteiger partial charge in [0.1, 0.15) is 5.69 Å². The summed E-state index contributed by atoms with van der Waals surface area (Å²) in [5, 5.41) is 6.98. The van der Waals surface area contributed by atoms with Crippen molar-refractivity contribution in [2.75, 3.05) is 25.0 Å². The molecule has 1 aliphatic heterocycles. The molecule has 2 aromatic carbocycles. The molecule has 0 bridgehead atoms. The molecule has 2 amide bonds. The normalized spacial score (nSPS) is 14.0. The first kappa shape index (κ1) is 17.3. The molecule has 6 heteroatoms. The van der Waals surface area contributed by atoms with Gasteiger partial charge in [-0.3, -0.25) is 9.80 Å². The van der Waals surface area contributed by atoms with Gasteiger partial charge >= 0.3 is 6.03 Å². The number of carbonyl (C=O) groups excluding carboxylic acids is 1. The quantitative estimate of drug-likeness (QED) is 0.729. The summed E-state index contributed by atoms with van der Waals surface area (Å²) in [6, 6.07) is 20.1. The molecule has 0 spiro atoms. The van der Waals surface area contributed by atoms with E-state index in [0.717, 1.165) is 29.2 Å².